The largest absolute Gasteiger partial charge is 0.466 e. The molecule has 1 atom stereocenters. The molecule has 0 heterocycles. The van der Waals surface area contributed by atoms with Gasteiger partial charge in [0.1, 0.15) is 6.54 Å². The van der Waals surface area contributed by atoms with Crippen LogP contribution in [0.1, 0.15) is 70.4 Å². The summed E-state index contributed by atoms with van der Waals surface area (Å²) in [4.78, 5) is 17.8. The second-order valence-electron chi connectivity index (χ2n) is 17.0. The zero-order chi connectivity index (χ0) is 48.3. The summed E-state index contributed by atoms with van der Waals surface area (Å²) in [5, 5.41) is 4.45. The average Bonchev–Trinajstić information content (AvgIpc) is 3.29. The monoisotopic (exact) mass is 964 g/mol. The quantitative estimate of drug-likeness (QED) is 0.0170. The first-order valence-electron chi connectivity index (χ1n) is 22.7. The number of carbonyl (C=O) groups excluding carboxylic acids is 1. The van der Waals surface area contributed by atoms with E-state index in [1.165, 1.54) is 0 Å². The summed E-state index contributed by atoms with van der Waals surface area (Å²) in [5.74, 6) is -1.39. The smallest absolute Gasteiger partial charge is 0.309 e. The van der Waals surface area contributed by atoms with E-state index < -0.39 is 26.2 Å². The zero-order valence-corrected chi connectivity index (χ0v) is 41.4. The normalized spacial score (nSPS) is 16.0. The van der Waals surface area contributed by atoms with E-state index in [-0.39, 0.29) is 36.9 Å². The third-order valence-electron chi connectivity index (χ3n) is 12.1. The Morgan fingerprint density at radius 1 is 0.806 bits per heavy atom. The minimum Gasteiger partial charge on any atom is -0.466 e. The summed E-state index contributed by atoms with van der Waals surface area (Å²) >= 11 is 1.60. The van der Waals surface area contributed by atoms with Crippen LogP contribution in [0.15, 0.2) is 148 Å². The van der Waals surface area contributed by atoms with Gasteiger partial charge in [0.15, 0.2) is 5.71 Å². The molecule has 4 N–H and O–H groups in total. The lowest BCUT2D eigenvalue weighted by molar-refractivity contribution is -0.441. The predicted octanol–water partition coefficient (Wildman–Crippen LogP) is 11.5. The molecule has 67 heavy (non-hydrogen) atoms. The van der Waals surface area contributed by atoms with Crippen molar-refractivity contribution in [2.75, 3.05) is 41.8 Å². The first-order chi connectivity index (χ1) is 31.9. The van der Waals surface area contributed by atoms with E-state index in [1.807, 2.05) is 62.4 Å². The fourth-order valence-electron chi connectivity index (χ4n) is 8.61. The SMILES string of the molecule is CCOC(=O)C1CC(/C=C/C(C)=[N+](\CCCCS(=O)(=O)O)c2ccc3ccccc3c2C)=C(Sc2ccc(N)cc2)C(=C/C=C(\C)N(CCCCS(=O)(=O)O)c2ccc3ccccc3c2C)/C1. The first kappa shape index (κ1) is 50.9. The van der Waals surface area contributed by atoms with Gasteiger partial charge in [-0.3, -0.25) is 13.9 Å². The molecule has 5 aromatic carbocycles. The predicted molar refractivity (Wildman–Crippen MR) is 276 cm³/mol. The number of carbonyl (C=O) groups is 1. The van der Waals surface area contributed by atoms with Crippen LogP contribution in [-0.4, -0.2) is 73.4 Å². The number of rotatable bonds is 20. The lowest BCUT2D eigenvalue weighted by Gasteiger charge is -2.29. The second-order valence-corrected chi connectivity index (χ2v) is 21.2. The van der Waals surface area contributed by atoms with Gasteiger partial charge in [-0.1, -0.05) is 78.5 Å². The van der Waals surface area contributed by atoms with Gasteiger partial charge in [-0.05, 0) is 141 Å². The van der Waals surface area contributed by atoms with Crippen LogP contribution in [0.3, 0.4) is 0 Å². The van der Waals surface area contributed by atoms with Crippen LogP contribution in [-0.2, 0) is 29.8 Å². The van der Waals surface area contributed by atoms with Crippen molar-refractivity contribution in [3.63, 3.8) is 0 Å². The molecule has 0 aliphatic heterocycles. The van der Waals surface area contributed by atoms with Gasteiger partial charge in [0.05, 0.1) is 24.0 Å². The van der Waals surface area contributed by atoms with Crippen molar-refractivity contribution < 1.29 is 40.0 Å². The van der Waals surface area contributed by atoms with Gasteiger partial charge in [-0.2, -0.15) is 21.4 Å². The molecule has 0 radical (unpaired) electrons. The maximum atomic E-state index is 13.7. The van der Waals surface area contributed by atoms with E-state index in [1.54, 1.807) is 18.7 Å². The number of allylic oxidation sites excluding steroid dienone is 7. The Hall–Kier alpha value is -5.51. The summed E-state index contributed by atoms with van der Waals surface area (Å²) in [6, 6.07) is 32.4. The molecule has 354 valence electrons. The Morgan fingerprint density at radius 3 is 2.06 bits per heavy atom. The fourth-order valence-corrected chi connectivity index (χ4v) is 10.8. The Bertz CT molecular complexity index is 2990. The van der Waals surface area contributed by atoms with Crippen LogP contribution in [0.2, 0.25) is 0 Å². The average molecular weight is 965 g/mol. The number of benzene rings is 5. The number of nitrogens with two attached hydrogens (primary N) is 1. The number of esters is 1. The Morgan fingerprint density at radius 2 is 1.42 bits per heavy atom. The van der Waals surface area contributed by atoms with Crippen molar-refractivity contribution in [3.05, 3.63) is 154 Å². The molecule has 0 fully saturated rings. The van der Waals surface area contributed by atoms with E-state index in [2.05, 4.69) is 96.2 Å². The second kappa shape index (κ2) is 23.0. The maximum Gasteiger partial charge on any atom is 0.309 e. The van der Waals surface area contributed by atoms with Gasteiger partial charge >= 0.3 is 5.97 Å². The van der Waals surface area contributed by atoms with Gasteiger partial charge < -0.3 is 15.4 Å². The van der Waals surface area contributed by atoms with Gasteiger partial charge in [-0.25, -0.2) is 0 Å². The highest BCUT2D eigenvalue weighted by molar-refractivity contribution is 8.03. The first-order valence-corrected chi connectivity index (χ1v) is 26.7. The number of ether oxygens (including phenoxy) is 1. The van der Waals surface area contributed by atoms with Crippen molar-refractivity contribution in [1.29, 1.82) is 0 Å². The summed E-state index contributed by atoms with van der Waals surface area (Å²) < 4.78 is 73.4. The lowest BCUT2D eigenvalue weighted by Crippen LogP contribution is -2.24. The van der Waals surface area contributed by atoms with Crippen LogP contribution >= 0.6 is 11.8 Å². The van der Waals surface area contributed by atoms with Crippen molar-refractivity contribution in [3.8, 4) is 0 Å². The molecule has 5 aromatic rings. The summed E-state index contributed by atoms with van der Waals surface area (Å²) in [6.07, 6.45) is 10.7. The molecule has 1 unspecified atom stereocenters. The summed E-state index contributed by atoms with van der Waals surface area (Å²) in [5.41, 5.74) is 14.6. The van der Waals surface area contributed by atoms with E-state index in [0.29, 0.717) is 44.5 Å². The van der Waals surface area contributed by atoms with E-state index in [0.717, 1.165) is 76.4 Å². The van der Waals surface area contributed by atoms with Gasteiger partial charge in [0, 0.05) is 64.5 Å². The highest BCUT2D eigenvalue weighted by Gasteiger charge is 2.31. The van der Waals surface area contributed by atoms with Crippen LogP contribution < -0.4 is 10.6 Å². The molecule has 1 aliphatic carbocycles. The summed E-state index contributed by atoms with van der Waals surface area (Å²) in [6.45, 7) is 11.3. The van der Waals surface area contributed by atoms with Crippen molar-refractivity contribution in [2.45, 2.75) is 78.0 Å². The highest BCUT2D eigenvalue weighted by atomic mass is 32.2. The Balaban J connectivity index is 1.48. The third kappa shape index (κ3) is 14.0. The number of fused-ring (bicyclic) bond motifs is 2. The lowest BCUT2D eigenvalue weighted by atomic mass is 9.84. The van der Waals surface area contributed by atoms with Gasteiger partial charge in [0.25, 0.3) is 20.2 Å². The number of aryl methyl sites for hydroxylation is 2. The molecule has 0 saturated carbocycles. The van der Waals surface area contributed by atoms with Crippen LogP contribution in [0, 0.1) is 19.8 Å². The number of thioether (sulfide) groups is 1. The van der Waals surface area contributed by atoms with Crippen LogP contribution in [0.5, 0.6) is 0 Å². The molecule has 0 bridgehead atoms. The maximum absolute atomic E-state index is 13.7. The van der Waals surface area contributed by atoms with E-state index in [4.69, 9.17) is 10.5 Å². The van der Waals surface area contributed by atoms with Gasteiger partial charge in [0.2, 0.25) is 5.69 Å². The van der Waals surface area contributed by atoms with Crippen molar-refractivity contribution in [2.24, 2.45) is 5.92 Å². The zero-order valence-electron chi connectivity index (χ0n) is 38.9. The molecule has 1 aliphatic rings. The molecular weight excluding hydrogens is 903 g/mol. The fraction of sp³-hybridized carbons (Fsp3) is 0.321. The topological polar surface area (TPSA) is 167 Å². The van der Waals surface area contributed by atoms with Crippen molar-refractivity contribution >= 4 is 82.3 Å². The van der Waals surface area contributed by atoms with Crippen LogP contribution in [0.25, 0.3) is 21.5 Å². The molecule has 14 heteroatoms. The number of nitrogens with zero attached hydrogens (tertiary/aromatic N) is 2. The van der Waals surface area contributed by atoms with E-state index in [9.17, 15) is 30.7 Å². The molecule has 0 saturated heterocycles. The molecule has 11 nitrogen and oxygen atoms in total. The molecular formula is C53H62N3O8S3+. The number of unbranched alkanes of at least 4 members (excludes halogenated alkanes) is 2. The van der Waals surface area contributed by atoms with Crippen LogP contribution in [0.4, 0.5) is 17.1 Å². The molecule has 0 aromatic heterocycles. The highest BCUT2D eigenvalue weighted by Crippen LogP contribution is 2.44. The van der Waals surface area contributed by atoms with E-state index >= 15 is 0 Å². The third-order valence-corrected chi connectivity index (χ3v) is 15.0. The Labute approximate surface area is 400 Å². The Kier molecular flexibility index (Phi) is 17.5. The molecule has 0 amide bonds. The number of hydrogen-bond donors (Lipinski definition) is 3. The summed E-state index contributed by atoms with van der Waals surface area (Å²) in [7, 11) is -8.22. The molecule has 0 spiro atoms. The number of nitrogen functional groups attached to an aromatic ring is 1. The van der Waals surface area contributed by atoms with Crippen molar-refractivity contribution in [1.82, 2.24) is 0 Å². The minimum absolute atomic E-state index is 0.248. The minimum atomic E-state index is -4.11. The standard InChI is InChI=1S/C53H61N3O8S3/c1-6-64-53(57)45-35-43(21-19-37(2)55(31-11-13-33-66(58,59)60)50-29-23-41-15-7-9-17-48(41)39(50)4)52(65-47-27-25-46(54)26-28-47)44(36-45)22-20-38(3)56(32-12-14-34-67(61,62)63)51-30-24-42-16-8-10-18-49(42)40(51)5/h7-10,15-30,45H,6,11-14,31-36,54H2,1-5H3,(H-,58,59,60,61,62,63)/p+1. The number of anilines is 2. The van der Waals surface area contributed by atoms with Gasteiger partial charge in [-0.15, -0.1) is 0 Å². The number of hydrogen-bond acceptors (Lipinski definition) is 9. The molecule has 6 rings (SSSR count).